The SMILES string of the molecule is Cc1ccc(N2CCN(c3cc(N4CCCCC4)ncn3)CC2)nn1. The summed E-state index contributed by atoms with van der Waals surface area (Å²) in [5, 5.41) is 8.46. The minimum atomic E-state index is 0.931. The first-order chi connectivity index (χ1) is 12.3. The van der Waals surface area contributed by atoms with Gasteiger partial charge in [-0.05, 0) is 38.3 Å². The molecule has 4 heterocycles. The maximum atomic E-state index is 4.51. The van der Waals surface area contributed by atoms with Gasteiger partial charge in [0.2, 0.25) is 0 Å². The zero-order chi connectivity index (χ0) is 17.1. The number of hydrogen-bond donors (Lipinski definition) is 0. The van der Waals surface area contributed by atoms with Crippen LogP contribution >= 0.6 is 0 Å². The van der Waals surface area contributed by atoms with Gasteiger partial charge in [0.05, 0.1) is 5.69 Å². The summed E-state index contributed by atoms with van der Waals surface area (Å²) in [6.07, 6.45) is 5.56. The smallest absolute Gasteiger partial charge is 0.151 e. The van der Waals surface area contributed by atoms with E-state index in [-0.39, 0.29) is 0 Å². The lowest BCUT2D eigenvalue weighted by Crippen LogP contribution is -2.47. The predicted molar refractivity (Wildman–Crippen MR) is 99.3 cm³/mol. The molecule has 132 valence electrons. The van der Waals surface area contributed by atoms with Gasteiger partial charge in [-0.3, -0.25) is 0 Å². The van der Waals surface area contributed by atoms with Crippen LogP contribution in [-0.4, -0.2) is 59.4 Å². The molecule has 7 nitrogen and oxygen atoms in total. The Labute approximate surface area is 148 Å². The summed E-state index contributed by atoms with van der Waals surface area (Å²) >= 11 is 0. The number of aromatic nitrogens is 4. The highest BCUT2D eigenvalue weighted by Gasteiger charge is 2.21. The first-order valence-electron chi connectivity index (χ1n) is 9.17. The van der Waals surface area contributed by atoms with Crippen LogP contribution in [0.25, 0.3) is 0 Å². The second-order valence-electron chi connectivity index (χ2n) is 6.79. The molecule has 0 bridgehead atoms. The van der Waals surface area contributed by atoms with Gasteiger partial charge >= 0.3 is 0 Å². The van der Waals surface area contributed by atoms with Crippen molar-refractivity contribution in [2.24, 2.45) is 0 Å². The molecule has 4 rings (SSSR count). The van der Waals surface area contributed by atoms with E-state index in [0.717, 1.165) is 62.4 Å². The lowest BCUT2D eigenvalue weighted by Gasteiger charge is -2.36. The second kappa shape index (κ2) is 7.21. The topological polar surface area (TPSA) is 61.3 Å². The molecule has 0 unspecified atom stereocenters. The van der Waals surface area contributed by atoms with Gasteiger partial charge in [-0.1, -0.05) is 0 Å². The van der Waals surface area contributed by atoms with Crippen molar-refractivity contribution < 1.29 is 0 Å². The molecule has 0 aromatic carbocycles. The summed E-state index contributed by atoms with van der Waals surface area (Å²) in [6.45, 7) is 7.91. The summed E-state index contributed by atoms with van der Waals surface area (Å²) in [5.41, 5.74) is 0.952. The Morgan fingerprint density at radius 2 is 1.28 bits per heavy atom. The van der Waals surface area contributed by atoms with E-state index in [9.17, 15) is 0 Å². The summed E-state index contributed by atoms with van der Waals surface area (Å²) in [4.78, 5) is 16.0. The Bertz CT molecular complexity index is 689. The average Bonchev–Trinajstić information content (AvgIpc) is 2.70. The number of hydrogen-bond acceptors (Lipinski definition) is 7. The summed E-state index contributed by atoms with van der Waals surface area (Å²) in [7, 11) is 0. The van der Waals surface area contributed by atoms with Gasteiger partial charge < -0.3 is 14.7 Å². The molecule has 0 spiro atoms. The molecule has 2 aromatic heterocycles. The lowest BCUT2D eigenvalue weighted by molar-refractivity contribution is 0.572. The van der Waals surface area contributed by atoms with E-state index in [2.05, 4.69) is 47.0 Å². The van der Waals surface area contributed by atoms with Crippen molar-refractivity contribution >= 4 is 17.5 Å². The zero-order valence-corrected chi connectivity index (χ0v) is 14.8. The Morgan fingerprint density at radius 3 is 1.88 bits per heavy atom. The third kappa shape index (κ3) is 3.65. The second-order valence-corrected chi connectivity index (χ2v) is 6.79. The van der Waals surface area contributed by atoms with Crippen molar-refractivity contribution in [3.05, 3.63) is 30.2 Å². The van der Waals surface area contributed by atoms with Crippen molar-refractivity contribution in [2.75, 3.05) is 54.0 Å². The largest absolute Gasteiger partial charge is 0.356 e. The minimum Gasteiger partial charge on any atom is -0.356 e. The third-order valence-corrected chi connectivity index (χ3v) is 5.03. The van der Waals surface area contributed by atoms with Crippen LogP contribution in [0.4, 0.5) is 17.5 Å². The van der Waals surface area contributed by atoms with Crippen molar-refractivity contribution in [3.63, 3.8) is 0 Å². The monoisotopic (exact) mass is 339 g/mol. The van der Waals surface area contributed by atoms with Gasteiger partial charge in [0, 0.05) is 45.3 Å². The normalized spacial score (nSPS) is 18.5. The molecule has 0 aliphatic carbocycles. The molecule has 7 heteroatoms. The van der Waals surface area contributed by atoms with E-state index in [1.54, 1.807) is 6.33 Å². The fraction of sp³-hybridized carbons (Fsp3) is 0.556. The highest BCUT2D eigenvalue weighted by Crippen LogP contribution is 2.22. The maximum absolute atomic E-state index is 4.51. The molecule has 0 saturated carbocycles. The van der Waals surface area contributed by atoms with Crippen LogP contribution in [0.1, 0.15) is 25.0 Å². The van der Waals surface area contributed by atoms with Crippen molar-refractivity contribution in [1.82, 2.24) is 20.2 Å². The number of anilines is 3. The first kappa shape index (κ1) is 16.1. The van der Waals surface area contributed by atoms with Gasteiger partial charge in [-0.2, -0.15) is 5.10 Å². The number of rotatable bonds is 3. The molecule has 0 radical (unpaired) electrons. The van der Waals surface area contributed by atoms with Crippen LogP contribution in [0.3, 0.4) is 0 Å². The molecule has 0 amide bonds. The highest BCUT2D eigenvalue weighted by molar-refractivity contribution is 5.51. The van der Waals surface area contributed by atoms with Gasteiger partial charge in [-0.25, -0.2) is 9.97 Å². The van der Waals surface area contributed by atoms with Crippen LogP contribution < -0.4 is 14.7 Å². The lowest BCUT2D eigenvalue weighted by atomic mass is 10.1. The van der Waals surface area contributed by atoms with Crippen LogP contribution in [0.5, 0.6) is 0 Å². The molecule has 2 aliphatic rings. The van der Waals surface area contributed by atoms with E-state index in [1.807, 2.05) is 13.0 Å². The van der Waals surface area contributed by atoms with Crippen molar-refractivity contribution in [2.45, 2.75) is 26.2 Å². The van der Waals surface area contributed by atoms with Crippen LogP contribution in [0.15, 0.2) is 24.5 Å². The number of piperidine rings is 1. The van der Waals surface area contributed by atoms with Crippen molar-refractivity contribution in [3.8, 4) is 0 Å². The molecule has 2 fully saturated rings. The first-order valence-corrected chi connectivity index (χ1v) is 9.17. The van der Waals surface area contributed by atoms with Gasteiger partial charge in [0.15, 0.2) is 5.82 Å². The highest BCUT2D eigenvalue weighted by atomic mass is 15.3. The molecule has 2 aromatic rings. The summed E-state index contributed by atoms with van der Waals surface area (Å²) in [5.74, 6) is 3.06. The van der Waals surface area contributed by atoms with E-state index >= 15 is 0 Å². The number of nitrogens with zero attached hydrogens (tertiary/aromatic N) is 7. The number of piperazine rings is 1. The van der Waals surface area contributed by atoms with Gasteiger partial charge in [0.1, 0.15) is 18.0 Å². The molecule has 2 saturated heterocycles. The molecule has 25 heavy (non-hydrogen) atoms. The Balaban J connectivity index is 1.41. The van der Waals surface area contributed by atoms with Crippen LogP contribution in [0, 0.1) is 6.92 Å². The predicted octanol–water partition coefficient (Wildman–Crippen LogP) is 1.89. The summed E-state index contributed by atoms with van der Waals surface area (Å²) in [6, 6.07) is 6.22. The molecular formula is C18H25N7. The van der Waals surface area contributed by atoms with Crippen LogP contribution in [-0.2, 0) is 0 Å². The van der Waals surface area contributed by atoms with Crippen molar-refractivity contribution in [1.29, 1.82) is 0 Å². The quantitative estimate of drug-likeness (QED) is 0.846. The fourth-order valence-corrected chi connectivity index (χ4v) is 3.53. The number of aryl methyl sites for hydroxylation is 1. The Morgan fingerprint density at radius 1 is 0.680 bits per heavy atom. The molecule has 0 atom stereocenters. The maximum Gasteiger partial charge on any atom is 0.151 e. The van der Waals surface area contributed by atoms with Gasteiger partial charge in [0.25, 0.3) is 0 Å². The zero-order valence-electron chi connectivity index (χ0n) is 14.8. The Kier molecular flexibility index (Phi) is 4.63. The van der Waals surface area contributed by atoms with E-state index < -0.39 is 0 Å². The van der Waals surface area contributed by atoms with E-state index in [4.69, 9.17) is 0 Å². The standard InChI is InChI=1S/C18H25N7/c1-15-5-6-16(22-21-15)24-9-11-25(12-10-24)18-13-17(19-14-20-18)23-7-3-2-4-8-23/h5-6,13-14H,2-4,7-12H2,1H3. The average molecular weight is 339 g/mol. The summed E-state index contributed by atoms with van der Waals surface area (Å²) < 4.78 is 0. The minimum absolute atomic E-state index is 0.931. The van der Waals surface area contributed by atoms with E-state index in [1.165, 1.54) is 19.3 Å². The molecule has 2 aliphatic heterocycles. The Hall–Kier alpha value is -2.44. The van der Waals surface area contributed by atoms with Gasteiger partial charge in [-0.15, -0.1) is 5.10 Å². The van der Waals surface area contributed by atoms with E-state index in [0.29, 0.717) is 0 Å². The van der Waals surface area contributed by atoms with Crippen LogP contribution in [0.2, 0.25) is 0 Å². The molecular weight excluding hydrogens is 314 g/mol. The third-order valence-electron chi connectivity index (χ3n) is 5.03. The molecule has 0 N–H and O–H groups in total. The fourth-order valence-electron chi connectivity index (χ4n) is 3.53.